The molecule has 0 atom stereocenters. The van der Waals surface area contributed by atoms with E-state index in [1.165, 1.54) is 5.56 Å². The Morgan fingerprint density at radius 3 is 2.79 bits per heavy atom. The van der Waals surface area contributed by atoms with Crippen molar-refractivity contribution in [3.05, 3.63) is 47.7 Å². The summed E-state index contributed by atoms with van der Waals surface area (Å²) in [6.07, 6.45) is 2.04. The summed E-state index contributed by atoms with van der Waals surface area (Å²) in [6.45, 7) is 2.79. The Morgan fingerprint density at radius 1 is 1.26 bits per heavy atom. The lowest BCUT2D eigenvalue weighted by molar-refractivity contribution is 0.450. The predicted octanol–water partition coefficient (Wildman–Crippen LogP) is 3.62. The zero-order valence-corrected chi connectivity index (χ0v) is 12.3. The number of hydrogen-bond acceptors (Lipinski definition) is 4. The number of ether oxygens (including phenoxy) is 1. The minimum absolute atomic E-state index is 0.645. The van der Waals surface area contributed by atoms with E-state index in [0.29, 0.717) is 5.88 Å². The monoisotopic (exact) mass is 274 g/mol. The molecule has 100 valence electrons. The maximum atomic E-state index is 5.91. The number of thioether (sulfide) groups is 1. The highest BCUT2D eigenvalue weighted by Gasteiger charge is 2.06. The van der Waals surface area contributed by atoms with E-state index in [9.17, 15) is 0 Å². The Morgan fingerprint density at radius 2 is 2.05 bits per heavy atom. The van der Waals surface area contributed by atoms with Crippen molar-refractivity contribution < 1.29 is 4.74 Å². The van der Waals surface area contributed by atoms with Crippen LogP contribution in [0.1, 0.15) is 11.3 Å². The van der Waals surface area contributed by atoms with Crippen molar-refractivity contribution in [3.63, 3.8) is 0 Å². The fourth-order valence-corrected chi connectivity index (χ4v) is 2.41. The lowest BCUT2D eigenvalue weighted by Crippen LogP contribution is -2.06. The molecule has 1 heterocycles. The van der Waals surface area contributed by atoms with Gasteiger partial charge in [0.25, 0.3) is 0 Å². The molecule has 2 aromatic rings. The highest BCUT2D eigenvalue weighted by Crippen LogP contribution is 2.30. The van der Waals surface area contributed by atoms with Gasteiger partial charge in [0.15, 0.2) is 0 Å². The molecule has 2 rings (SSSR count). The normalized spacial score (nSPS) is 10.5. The highest BCUT2D eigenvalue weighted by molar-refractivity contribution is 7.98. The van der Waals surface area contributed by atoms with Gasteiger partial charge in [-0.1, -0.05) is 12.1 Å². The summed E-state index contributed by atoms with van der Waals surface area (Å²) in [4.78, 5) is 5.54. The van der Waals surface area contributed by atoms with E-state index in [0.717, 1.165) is 22.9 Å². The maximum absolute atomic E-state index is 5.91. The Bertz CT molecular complexity index is 558. The van der Waals surface area contributed by atoms with Crippen LogP contribution in [0.4, 0.5) is 0 Å². The van der Waals surface area contributed by atoms with Crippen LogP contribution < -0.4 is 10.1 Å². The van der Waals surface area contributed by atoms with E-state index in [1.54, 1.807) is 11.8 Å². The van der Waals surface area contributed by atoms with E-state index in [1.807, 2.05) is 50.6 Å². The zero-order valence-electron chi connectivity index (χ0n) is 11.4. The van der Waals surface area contributed by atoms with Crippen LogP contribution in [0, 0.1) is 6.92 Å². The van der Waals surface area contributed by atoms with Gasteiger partial charge in [-0.15, -0.1) is 11.8 Å². The van der Waals surface area contributed by atoms with Crippen molar-refractivity contribution in [2.75, 3.05) is 13.3 Å². The summed E-state index contributed by atoms with van der Waals surface area (Å²) in [6, 6.07) is 12.0. The molecule has 1 aromatic heterocycles. The lowest BCUT2D eigenvalue weighted by atomic mass is 10.2. The van der Waals surface area contributed by atoms with E-state index in [-0.39, 0.29) is 0 Å². The summed E-state index contributed by atoms with van der Waals surface area (Å²) in [5.41, 5.74) is 2.14. The van der Waals surface area contributed by atoms with Crippen LogP contribution in [0.25, 0.3) is 0 Å². The molecule has 0 radical (unpaired) electrons. The number of rotatable bonds is 5. The van der Waals surface area contributed by atoms with Crippen LogP contribution in [-0.2, 0) is 6.54 Å². The largest absolute Gasteiger partial charge is 0.438 e. The molecule has 0 bridgehead atoms. The van der Waals surface area contributed by atoms with Gasteiger partial charge >= 0.3 is 0 Å². The van der Waals surface area contributed by atoms with Crippen LogP contribution in [0.5, 0.6) is 11.6 Å². The minimum atomic E-state index is 0.645. The Balaban J connectivity index is 2.27. The number of para-hydroxylation sites is 1. The van der Waals surface area contributed by atoms with Crippen LogP contribution >= 0.6 is 11.8 Å². The number of hydrogen-bond donors (Lipinski definition) is 1. The topological polar surface area (TPSA) is 34.2 Å². The third kappa shape index (κ3) is 3.72. The second-order valence-corrected chi connectivity index (χ2v) is 5.09. The van der Waals surface area contributed by atoms with E-state index in [4.69, 9.17) is 4.74 Å². The molecule has 0 saturated carbocycles. The van der Waals surface area contributed by atoms with E-state index >= 15 is 0 Å². The zero-order chi connectivity index (χ0) is 13.7. The molecule has 19 heavy (non-hydrogen) atoms. The number of pyridine rings is 1. The molecule has 0 fully saturated rings. The average molecular weight is 274 g/mol. The SMILES string of the molecule is CNCc1cc(C)nc(Oc2ccccc2SC)c1. The average Bonchev–Trinajstić information content (AvgIpc) is 2.39. The Hall–Kier alpha value is -1.52. The van der Waals surface area contributed by atoms with Crippen LogP contribution in [0.15, 0.2) is 41.3 Å². The molecule has 0 amide bonds. The van der Waals surface area contributed by atoms with Crippen molar-refractivity contribution in [2.45, 2.75) is 18.4 Å². The van der Waals surface area contributed by atoms with Crippen molar-refractivity contribution >= 4 is 11.8 Å². The van der Waals surface area contributed by atoms with Gasteiger partial charge in [-0.3, -0.25) is 0 Å². The van der Waals surface area contributed by atoms with Crippen LogP contribution in [0.3, 0.4) is 0 Å². The first kappa shape index (κ1) is 13.9. The van der Waals surface area contributed by atoms with Gasteiger partial charge in [-0.25, -0.2) is 4.98 Å². The van der Waals surface area contributed by atoms with Gasteiger partial charge in [0, 0.05) is 23.2 Å². The summed E-state index contributed by atoms with van der Waals surface area (Å²) in [5, 5.41) is 3.14. The molecule has 0 aliphatic carbocycles. The smallest absolute Gasteiger partial charge is 0.219 e. The Kier molecular flexibility index (Phi) is 4.82. The molecule has 1 N–H and O–H groups in total. The van der Waals surface area contributed by atoms with Gasteiger partial charge in [-0.2, -0.15) is 0 Å². The number of benzene rings is 1. The summed E-state index contributed by atoms with van der Waals surface area (Å²) >= 11 is 1.67. The lowest BCUT2D eigenvalue weighted by Gasteiger charge is -2.10. The standard InChI is InChI=1S/C15H18N2OS/c1-11-8-12(10-16-2)9-15(17-11)18-13-6-4-5-7-14(13)19-3/h4-9,16H,10H2,1-3H3. The number of nitrogens with zero attached hydrogens (tertiary/aromatic N) is 1. The first-order chi connectivity index (χ1) is 9.22. The quantitative estimate of drug-likeness (QED) is 0.844. The van der Waals surface area contributed by atoms with Gasteiger partial charge in [0.2, 0.25) is 5.88 Å². The Labute approximate surface area is 118 Å². The fourth-order valence-electron chi connectivity index (χ4n) is 1.88. The number of aryl methyl sites for hydroxylation is 1. The van der Waals surface area contributed by atoms with Crippen molar-refractivity contribution in [3.8, 4) is 11.6 Å². The van der Waals surface area contributed by atoms with Gasteiger partial charge in [0.05, 0.1) is 0 Å². The number of aromatic nitrogens is 1. The third-order valence-electron chi connectivity index (χ3n) is 2.65. The first-order valence-electron chi connectivity index (χ1n) is 6.16. The predicted molar refractivity (Wildman–Crippen MR) is 80.0 cm³/mol. The van der Waals surface area contributed by atoms with Gasteiger partial charge in [0.1, 0.15) is 5.75 Å². The molecule has 0 unspecified atom stereocenters. The third-order valence-corrected chi connectivity index (χ3v) is 3.43. The van der Waals surface area contributed by atoms with Crippen molar-refractivity contribution in [1.29, 1.82) is 0 Å². The molecular weight excluding hydrogens is 256 g/mol. The first-order valence-corrected chi connectivity index (χ1v) is 7.38. The van der Waals surface area contributed by atoms with Gasteiger partial charge < -0.3 is 10.1 Å². The van der Waals surface area contributed by atoms with Gasteiger partial charge in [-0.05, 0) is 44.0 Å². The molecule has 4 heteroatoms. The van der Waals surface area contributed by atoms with Crippen LogP contribution in [-0.4, -0.2) is 18.3 Å². The molecule has 3 nitrogen and oxygen atoms in total. The molecule has 0 aliphatic heterocycles. The number of nitrogens with one attached hydrogen (secondary N) is 1. The molecule has 0 spiro atoms. The maximum Gasteiger partial charge on any atom is 0.219 e. The molecule has 0 saturated heterocycles. The molecular formula is C15H18N2OS. The molecule has 1 aromatic carbocycles. The van der Waals surface area contributed by atoms with E-state index in [2.05, 4.69) is 16.4 Å². The highest BCUT2D eigenvalue weighted by atomic mass is 32.2. The summed E-state index contributed by atoms with van der Waals surface area (Å²) in [5.74, 6) is 1.50. The second kappa shape index (κ2) is 6.59. The second-order valence-electron chi connectivity index (χ2n) is 4.24. The molecule has 0 aliphatic rings. The van der Waals surface area contributed by atoms with Crippen LogP contribution in [0.2, 0.25) is 0 Å². The summed E-state index contributed by atoms with van der Waals surface area (Å²) in [7, 11) is 1.93. The van der Waals surface area contributed by atoms with Crippen molar-refractivity contribution in [2.24, 2.45) is 0 Å². The fraction of sp³-hybridized carbons (Fsp3) is 0.267. The minimum Gasteiger partial charge on any atom is -0.438 e. The van der Waals surface area contributed by atoms with Crippen molar-refractivity contribution in [1.82, 2.24) is 10.3 Å². The van der Waals surface area contributed by atoms with E-state index < -0.39 is 0 Å². The summed E-state index contributed by atoms with van der Waals surface area (Å²) < 4.78 is 5.91.